The highest BCUT2D eigenvalue weighted by Gasteiger charge is 2.19. The van der Waals surface area contributed by atoms with Gasteiger partial charge in [0.1, 0.15) is 0 Å². The Morgan fingerprint density at radius 1 is 1.20 bits per heavy atom. The predicted molar refractivity (Wildman–Crippen MR) is 79.9 cm³/mol. The van der Waals surface area contributed by atoms with Crippen LogP contribution in [0.4, 0.5) is 0 Å². The minimum atomic E-state index is -3.31. The van der Waals surface area contributed by atoms with Crippen molar-refractivity contribution in [3.8, 4) is 0 Å². The molecular weight excluding hydrogens is 274 g/mol. The molecule has 0 spiro atoms. The number of benzene rings is 1. The predicted octanol–water partition coefficient (Wildman–Crippen LogP) is 2.54. The zero-order valence-corrected chi connectivity index (χ0v) is 12.6. The summed E-state index contributed by atoms with van der Waals surface area (Å²) in [7, 11) is -3.31. The smallest absolute Gasteiger partial charge is 0.209 e. The molecule has 1 aliphatic rings. The maximum atomic E-state index is 10.8. The molecule has 2 rings (SSSR count). The number of hydrogen-bond acceptors (Lipinski definition) is 3. The third-order valence-corrected chi connectivity index (χ3v) is 4.56. The van der Waals surface area contributed by atoms with Gasteiger partial charge in [-0.15, -0.1) is 0 Å². The molecule has 4 nitrogen and oxygen atoms in total. The highest BCUT2D eigenvalue weighted by atomic mass is 32.2. The van der Waals surface area contributed by atoms with Gasteiger partial charge in [-0.05, 0) is 43.2 Å². The SMILES string of the molecule is NS(=O)(=O)CCCCCOC1CCCc2ccccc21. The van der Waals surface area contributed by atoms with Gasteiger partial charge in [-0.2, -0.15) is 0 Å². The molecule has 1 aromatic rings. The Hall–Kier alpha value is -0.910. The number of primary sulfonamides is 1. The van der Waals surface area contributed by atoms with Gasteiger partial charge in [-0.1, -0.05) is 30.7 Å². The van der Waals surface area contributed by atoms with Crippen LogP contribution in [0.25, 0.3) is 0 Å². The number of unbranched alkanes of at least 4 members (excludes halogenated alkanes) is 2. The lowest BCUT2D eigenvalue weighted by Crippen LogP contribution is -2.16. The van der Waals surface area contributed by atoms with Gasteiger partial charge in [0.25, 0.3) is 0 Å². The maximum absolute atomic E-state index is 10.8. The first-order valence-corrected chi connectivity index (χ1v) is 8.98. The Morgan fingerprint density at radius 2 is 2.00 bits per heavy atom. The van der Waals surface area contributed by atoms with Crippen LogP contribution in [0.5, 0.6) is 0 Å². The molecule has 0 saturated heterocycles. The van der Waals surface area contributed by atoms with Crippen LogP contribution in [0.1, 0.15) is 49.3 Å². The Morgan fingerprint density at radius 3 is 2.80 bits per heavy atom. The summed E-state index contributed by atoms with van der Waals surface area (Å²) in [5, 5.41) is 4.96. The van der Waals surface area contributed by atoms with Crippen LogP contribution in [-0.4, -0.2) is 20.8 Å². The molecule has 0 saturated carbocycles. The average Bonchev–Trinajstić information content (AvgIpc) is 2.41. The van der Waals surface area contributed by atoms with Gasteiger partial charge in [-0.25, -0.2) is 13.6 Å². The lowest BCUT2D eigenvalue weighted by Gasteiger charge is -2.25. The minimum absolute atomic E-state index is 0.0687. The summed E-state index contributed by atoms with van der Waals surface area (Å²) < 4.78 is 27.6. The normalized spacial score (nSPS) is 18.8. The van der Waals surface area contributed by atoms with Crippen molar-refractivity contribution in [2.45, 2.75) is 44.6 Å². The van der Waals surface area contributed by atoms with Crippen molar-refractivity contribution in [2.75, 3.05) is 12.4 Å². The zero-order chi connectivity index (χ0) is 14.4. The van der Waals surface area contributed by atoms with E-state index in [-0.39, 0.29) is 11.9 Å². The number of aryl methyl sites for hydroxylation is 1. The largest absolute Gasteiger partial charge is 0.374 e. The van der Waals surface area contributed by atoms with Gasteiger partial charge in [0.2, 0.25) is 10.0 Å². The second kappa shape index (κ2) is 7.20. The quantitative estimate of drug-likeness (QED) is 0.786. The summed E-state index contributed by atoms with van der Waals surface area (Å²) in [5.74, 6) is 0.0687. The lowest BCUT2D eigenvalue weighted by molar-refractivity contribution is 0.0384. The summed E-state index contributed by atoms with van der Waals surface area (Å²) in [5.41, 5.74) is 2.72. The molecule has 5 heteroatoms. The molecule has 1 aromatic carbocycles. The molecule has 1 aliphatic carbocycles. The van der Waals surface area contributed by atoms with E-state index in [4.69, 9.17) is 9.88 Å². The van der Waals surface area contributed by atoms with Crippen molar-refractivity contribution < 1.29 is 13.2 Å². The van der Waals surface area contributed by atoms with Crippen LogP contribution in [-0.2, 0) is 21.2 Å². The fourth-order valence-electron chi connectivity index (χ4n) is 2.69. The van der Waals surface area contributed by atoms with Gasteiger partial charge < -0.3 is 4.74 Å². The molecule has 0 heterocycles. The highest BCUT2D eigenvalue weighted by Crippen LogP contribution is 2.32. The van der Waals surface area contributed by atoms with Crippen molar-refractivity contribution in [1.82, 2.24) is 0 Å². The molecule has 0 amide bonds. The molecular formula is C15H23NO3S. The topological polar surface area (TPSA) is 69.4 Å². The van der Waals surface area contributed by atoms with E-state index in [2.05, 4.69) is 24.3 Å². The van der Waals surface area contributed by atoms with Crippen LogP contribution in [0.3, 0.4) is 0 Å². The summed E-state index contributed by atoms with van der Waals surface area (Å²) in [6.07, 6.45) is 5.94. The number of hydrogen-bond donors (Lipinski definition) is 1. The van der Waals surface area contributed by atoms with E-state index < -0.39 is 10.0 Å². The first-order valence-electron chi connectivity index (χ1n) is 7.26. The summed E-state index contributed by atoms with van der Waals surface area (Å²) in [4.78, 5) is 0. The third kappa shape index (κ3) is 4.89. The number of sulfonamides is 1. The van der Waals surface area contributed by atoms with E-state index in [1.807, 2.05) is 0 Å². The molecule has 1 unspecified atom stereocenters. The summed E-state index contributed by atoms with van der Waals surface area (Å²) in [6.45, 7) is 0.684. The molecule has 0 fully saturated rings. The molecule has 0 aromatic heterocycles. The van der Waals surface area contributed by atoms with Crippen molar-refractivity contribution >= 4 is 10.0 Å². The number of rotatable bonds is 7. The third-order valence-electron chi connectivity index (χ3n) is 3.71. The molecule has 0 aliphatic heterocycles. The fourth-order valence-corrected chi connectivity index (χ4v) is 3.30. The van der Waals surface area contributed by atoms with Gasteiger partial charge >= 0.3 is 0 Å². The number of ether oxygens (including phenoxy) is 1. The van der Waals surface area contributed by atoms with E-state index in [9.17, 15) is 8.42 Å². The van der Waals surface area contributed by atoms with Crippen molar-refractivity contribution in [2.24, 2.45) is 5.14 Å². The first kappa shape index (κ1) is 15.5. The van der Waals surface area contributed by atoms with Gasteiger partial charge in [0.05, 0.1) is 11.9 Å². The Bertz CT molecular complexity index is 528. The fraction of sp³-hybridized carbons (Fsp3) is 0.600. The second-order valence-corrected chi connectivity index (χ2v) is 7.11. The number of nitrogens with two attached hydrogens (primary N) is 1. The van der Waals surface area contributed by atoms with Crippen LogP contribution in [0.15, 0.2) is 24.3 Å². The van der Waals surface area contributed by atoms with Crippen molar-refractivity contribution in [3.05, 3.63) is 35.4 Å². The Balaban J connectivity index is 1.70. The van der Waals surface area contributed by atoms with Crippen molar-refractivity contribution in [1.29, 1.82) is 0 Å². The van der Waals surface area contributed by atoms with E-state index in [1.54, 1.807) is 0 Å². The van der Waals surface area contributed by atoms with Gasteiger partial charge in [0, 0.05) is 6.61 Å². The van der Waals surface area contributed by atoms with Crippen LogP contribution in [0.2, 0.25) is 0 Å². The Labute approximate surface area is 121 Å². The minimum Gasteiger partial charge on any atom is -0.374 e. The van der Waals surface area contributed by atoms with E-state index in [0.717, 1.165) is 25.7 Å². The lowest BCUT2D eigenvalue weighted by atomic mass is 9.89. The van der Waals surface area contributed by atoms with E-state index in [0.29, 0.717) is 13.0 Å². The van der Waals surface area contributed by atoms with Crippen LogP contribution in [0, 0.1) is 0 Å². The Kier molecular flexibility index (Phi) is 5.57. The van der Waals surface area contributed by atoms with E-state index in [1.165, 1.54) is 17.5 Å². The van der Waals surface area contributed by atoms with Gasteiger partial charge in [0.15, 0.2) is 0 Å². The first-order chi connectivity index (χ1) is 9.56. The summed E-state index contributed by atoms with van der Waals surface area (Å²) >= 11 is 0. The monoisotopic (exact) mass is 297 g/mol. The molecule has 112 valence electrons. The molecule has 0 radical (unpaired) electrons. The summed E-state index contributed by atoms with van der Waals surface area (Å²) in [6, 6.07) is 8.47. The maximum Gasteiger partial charge on any atom is 0.209 e. The highest BCUT2D eigenvalue weighted by molar-refractivity contribution is 7.89. The standard InChI is InChI=1S/C15H23NO3S/c16-20(17,18)12-5-1-4-11-19-15-10-6-8-13-7-2-3-9-14(13)15/h2-3,7,9,15H,1,4-6,8,10-12H2,(H2,16,17,18). The number of fused-ring (bicyclic) bond motifs is 1. The molecule has 2 N–H and O–H groups in total. The van der Waals surface area contributed by atoms with Crippen LogP contribution >= 0.6 is 0 Å². The van der Waals surface area contributed by atoms with Gasteiger partial charge in [-0.3, -0.25) is 0 Å². The van der Waals surface area contributed by atoms with E-state index >= 15 is 0 Å². The molecule has 0 bridgehead atoms. The average molecular weight is 297 g/mol. The molecule has 1 atom stereocenters. The van der Waals surface area contributed by atoms with Crippen LogP contribution < -0.4 is 5.14 Å². The van der Waals surface area contributed by atoms with Crippen molar-refractivity contribution in [3.63, 3.8) is 0 Å². The molecule has 20 heavy (non-hydrogen) atoms. The second-order valence-electron chi connectivity index (χ2n) is 5.38. The zero-order valence-electron chi connectivity index (χ0n) is 11.8.